The largest absolute Gasteiger partial charge is 0.394 e. The molecule has 0 saturated heterocycles. The Morgan fingerprint density at radius 1 is 1.62 bits per heavy atom. The van der Waals surface area contributed by atoms with Crippen LogP contribution in [0.2, 0.25) is 0 Å². The van der Waals surface area contributed by atoms with Gasteiger partial charge in [-0.05, 0) is 18.6 Å². The predicted molar refractivity (Wildman–Crippen MR) is 62.2 cm³/mol. The second kappa shape index (κ2) is 4.53. The minimum Gasteiger partial charge on any atom is -0.394 e. The van der Waals surface area contributed by atoms with Crippen molar-refractivity contribution in [1.82, 2.24) is 5.32 Å². The zero-order valence-corrected chi connectivity index (χ0v) is 9.23. The van der Waals surface area contributed by atoms with Crippen LogP contribution < -0.4 is 10.6 Å². The van der Waals surface area contributed by atoms with Gasteiger partial charge < -0.3 is 15.7 Å². The Kier molecular flexibility index (Phi) is 3.10. The molecular weight excluding hydrogens is 204 g/mol. The SMILES string of the molecule is C[C@@H](CO)NC(=O)C1Cc2ccccc2N1. The summed E-state index contributed by atoms with van der Waals surface area (Å²) in [5.74, 6) is -0.0576. The Morgan fingerprint density at radius 2 is 2.38 bits per heavy atom. The van der Waals surface area contributed by atoms with E-state index in [2.05, 4.69) is 10.6 Å². The van der Waals surface area contributed by atoms with Crippen LogP contribution in [0.25, 0.3) is 0 Å². The van der Waals surface area contributed by atoms with Gasteiger partial charge in [-0.25, -0.2) is 0 Å². The Bertz CT molecular complexity index is 367. The molecule has 1 heterocycles. The molecule has 2 rings (SSSR count). The lowest BCUT2D eigenvalue weighted by atomic mass is 10.1. The van der Waals surface area contributed by atoms with Crippen LogP contribution in [0, 0.1) is 0 Å². The summed E-state index contributed by atoms with van der Waals surface area (Å²) in [7, 11) is 0. The number of fused-ring (bicyclic) bond motifs is 1. The molecule has 1 amide bonds. The van der Waals surface area contributed by atoms with E-state index in [-0.39, 0.29) is 24.6 Å². The van der Waals surface area contributed by atoms with Gasteiger partial charge in [0.05, 0.1) is 6.61 Å². The third-order valence-electron chi connectivity index (χ3n) is 2.75. The van der Waals surface area contributed by atoms with Crippen molar-refractivity contribution < 1.29 is 9.90 Å². The van der Waals surface area contributed by atoms with Gasteiger partial charge in [-0.2, -0.15) is 0 Å². The average Bonchev–Trinajstić information content (AvgIpc) is 2.72. The van der Waals surface area contributed by atoms with E-state index in [9.17, 15) is 4.79 Å². The molecule has 0 spiro atoms. The normalized spacial score (nSPS) is 19.8. The van der Waals surface area contributed by atoms with Crippen molar-refractivity contribution >= 4 is 11.6 Å². The van der Waals surface area contributed by atoms with Gasteiger partial charge in [0, 0.05) is 18.2 Å². The van der Waals surface area contributed by atoms with Crippen molar-refractivity contribution in [1.29, 1.82) is 0 Å². The molecule has 3 N–H and O–H groups in total. The van der Waals surface area contributed by atoms with Crippen LogP contribution in [0.15, 0.2) is 24.3 Å². The smallest absolute Gasteiger partial charge is 0.243 e. The summed E-state index contributed by atoms with van der Waals surface area (Å²) >= 11 is 0. The van der Waals surface area contributed by atoms with Crippen LogP contribution in [-0.4, -0.2) is 29.7 Å². The third kappa shape index (κ3) is 2.17. The third-order valence-corrected chi connectivity index (χ3v) is 2.75. The van der Waals surface area contributed by atoms with E-state index in [1.165, 1.54) is 5.56 Å². The van der Waals surface area contributed by atoms with Crippen LogP contribution in [0.5, 0.6) is 0 Å². The van der Waals surface area contributed by atoms with Gasteiger partial charge in [-0.15, -0.1) is 0 Å². The molecule has 1 aromatic rings. The summed E-state index contributed by atoms with van der Waals surface area (Å²) in [6.45, 7) is 1.74. The fourth-order valence-corrected chi connectivity index (χ4v) is 1.85. The standard InChI is InChI=1S/C12H16N2O2/c1-8(7-15)13-12(16)11-6-9-4-2-3-5-10(9)14-11/h2-5,8,11,14-15H,6-7H2,1H3,(H,13,16)/t8-,11?/m0/s1. The topological polar surface area (TPSA) is 61.4 Å². The lowest BCUT2D eigenvalue weighted by Gasteiger charge is -2.15. The van der Waals surface area contributed by atoms with Crippen molar-refractivity contribution in [2.45, 2.75) is 25.4 Å². The molecule has 0 bridgehead atoms. The molecule has 0 aliphatic carbocycles. The number of aliphatic hydroxyl groups is 1. The maximum Gasteiger partial charge on any atom is 0.243 e. The second-order valence-corrected chi connectivity index (χ2v) is 4.15. The molecule has 0 fully saturated rings. The zero-order chi connectivity index (χ0) is 11.5. The Hall–Kier alpha value is -1.55. The fraction of sp³-hybridized carbons (Fsp3) is 0.417. The van der Waals surface area contributed by atoms with Crippen molar-refractivity contribution in [2.24, 2.45) is 0 Å². The van der Waals surface area contributed by atoms with Crippen molar-refractivity contribution in [3.8, 4) is 0 Å². The molecule has 0 radical (unpaired) electrons. The number of para-hydroxylation sites is 1. The van der Waals surface area contributed by atoms with Gasteiger partial charge in [0.25, 0.3) is 0 Å². The molecule has 2 atom stereocenters. The maximum atomic E-state index is 11.8. The van der Waals surface area contributed by atoms with E-state index in [4.69, 9.17) is 5.11 Å². The first-order chi connectivity index (χ1) is 7.70. The Balaban J connectivity index is 1.98. The highest BCUT2D eigenvalue weighted by Crippen LogP contribution is 2.24. The van der Waals surface area contributed by atoms with Crippen LogP contribution in [0.1, 0.15) is 12.5 Å². The lowest BCUT2D eigenvalue weighted by molar-refractivity contribution is -0.122. The minimum absolute atomic E-state index is 0.0363. The van der Waals surface area contributed by atoms with Crippen LogP contribution >= 0.6 is 0 Å². The van der Waals surface area contributed by atoms with Crippen LogP contribution in [0.3, 0.4) is 0 Å². The number of amides is 1. The molecule has 86 valence electrons. The number of nitrogens with one attached hydrogen (secondary N) is 2. The molecule has 1 unspecified atom stereocenters. The minimum atomic E-state index is -0.216. The number of hydrogen-bond donors (Lipinski definition) is 3. The fourth-order valence-electron chi connectivity index (χ4n) is 1.85. The molecule has 1 aliphatic heterocycles. The first-order valence-electron chi connectivity index (χ1n) is 5.46. The van der Waals surface area contributed by atoms with Crippen molar-refractivity contribution in [3.63, 3.8) is 0 Å². The summed E-state index contributed by atoms with van der Waals surface area (Å²) in [5.41, 5.74) is 2.19. The number of aliphatic hydroxyl groups excluding tert-OH is 1. The van der Waals surface area contributed by atoms with E-state index in [1.54, 1.807) is 6.92 Å². The molecule has 1 aromatic carbocycles. The summed E-state index contributed by atoms with van der Waals surface area (Å²) < 4.78 is 0. The van der Waals surface area contributed by atoms with Crippen LogP contribution in [0.4, 0.5) is 5.69 Å². The number of rotatable bonds is 3. The molecule has 0 saturated carbocycles. The number of anilines is 1. The highest BCUT2D eigenvalue weighted by molar-refractivity contribution is 5.87. The number of hydrogen-bond acceptors (Lipinski definition) is 3. The first kappa shape index (κ1) is 11.0. The maximum absolute atomic E-state index is 11.8. The summed E-state index contributed by atoms with van der Waals surface area (Å²) in [4.78, 5) is 11.8. The van der Waals surface area contributed by atoms with E-state index < -0.39 is 0 Å². The lowest BCUT2D eigenvalue weighted by Crippen LogP contribution is -2.44. The highest BCUT2D eigenvalue weighted by atomic mass is 16.3. The van der Waals surface area contributed by atoms with E-state index >= 15 is 0 Å². The highest BCUT2D eigenvalue weighted by Gasteiger charge is 2.26. The molecule has 4 heteroatoms. The Morgan fingerprint density at radius 3 is 3.06 bits per heavy atom. The Labute approximate surface area is 94.7 Å². The van der Waals surface area contributed by atoms with E-state index in [1.807, 2.05) is 24.3 Å². The van der Waals surface area contributed by atoms with Crippen molar-refractivity contribution in [2.75, 3.05) is 11.9 Å². The average molecular weight is 220 g/mol. The number of carbonyl (C=O) groups is 1. The van der Waals surface area contributed by atoms with Gasteiger partial charge in [-0.3, -0.25) is 4.79 Å². The summed E-state index contributed by atoms with van der Waals surface area (Å²) in [6, 6.07) is 7.49. The van der Waals surface area contributed by atoms with E-state index in [0.717, 1.165) is 5.69 Å². The van der Waals surface area contributed by atoms with Gasteiger partial charge in [-0.1, -0.05) is 18.2 Å². The van der Waals surface area contributed by atoms with Gasteiger partial charge in [0.2, 0.25) is 5.91 Å². The van der Waals surface area contributed by atoms with Gasteiger partial charge in [0.15, 0.2) is 0 Å². The molecular formula is C12H16N2O2. The zero-order valence-electron chi connectivity index (χ0n) is 9.23. The van der Waals surface area contributed by atoms with Gasteiger partial charge >= 0.3 is 0 Å². The monoisotopic (exact) mass is 220 g/mol. The number of carbonyl (C=O) groups excluding carboxylic acids is 1. The summed E-state index contributed by atoms with van der Waals surface area (Å²) in [6.07, 6.45) is 0.708. The molecule has 16 heavy (non-hydrogen) atoms. The number of benzene rings is 1. The van der Waals surface area contributed by atoms with Crippen molar-refractivity contribution in [3.05, 3.63) is 29.8 Å². The second-order valence-electron chi connectivity index (χ2n) is 4.15. The molecule has 0 aromatic heterocycles. The molecule has 1 aliphatic rings. The van der Waals surface area contributed by atoms with Crippen LogP contribution in [-0.2, 0) is 11.2 Å². The molecule has 4 nitrogen and oxygen atoms in total. The predicted octanol–water partition coefficient (Wildman–Crippen LogP) is 0.520. The van der Waals surface area contributed by atoms with E-state index in [0.29, 0.717) is 6.42 Å². The quantitative estimate of drug-likeness (QED) is 0.696. The summed E-state index contributed by atoms with van der Waals surface area (Å²) in [5, 5.41) is 14.8. The first-order valence-corrected chi connectivity index (χ1v) is 5.46. The van der Waals surface area contributed by atoms with Gasteiger partial charge in [0.1, 0.15) is 6.04 Å².